The van der Waals surface area contributed by atoms with Crippen LogP contribution < -0.4 is 11.1 Å². The Kier molecular flexibility index (Phi) is 5.21. The van der Waals surface area contributed by atoms with Crippen LogP contribution in [-0.2, 0) is 5.41 Å². The highest BCUT2D eigenvalue weighted by atomic mass is 35.5. The molecular formula is C16H20ClN3OS. The van der Waals surface area contributed by atoms with Crippen LogP contribution in [-0.4, -0.2) is 23.5 Å². The minimum Gasteiger partial charge on any atom is -0.348 e. The first-order chi connectivity index (χ1) is 10.1. The van der Waals surface area contributed by atoms with Gasteiger partial charge in [-0.1, -0.05) is 30.3 Å². The van der Waals surface area contributed by atoms with Gasteiger partial charge >= 0.3 is 0 Å². The molecular weight excluding hydrogens is 318 g/mol. The third kappa shape index (κ3) is 3.02. The lowest BCUT2D eigenvalue weighted by Crippen LogP contribution is -2.56. The highest BCUT2D eigenvalue weighted by molar-refractivity contribution is 7.11. The summed E-state index contributed by atoms with van der Waals surface area (Å²) in [5.74, 6) is -0.0151. The fourth-order valence-electron chi connectivity index (χ4n) is 3.07. The smallest absolute Gasteiger partial charge is 0.263 e. The average molecular weight is 338 g/mol. The number of hydrogen-bond donors (Lipinski definition) is 2. The number of carbonyl (C=O) groups is 1. The van der Waals surface area contributed by atoms with Crippen LogP contribution in [0.4, 0.5) is 0 Å². The molecule has 0 radical (unpaired) electrons. The molecule has 1 aromatic carbocycles. The number of halogens is 1. The van der Waals surface area contributed by atoms with Gasteiger partial charge in [0.05, 0.1) is 11.2 Å². The first-order valence-corrected chi connectivity index (χ1v) is 7.99. The number of amides is 1. The highest BCUT2D eigenvalue weighted by Gasteiger charge is 2.45. The predicted molar refractivity (Wildman–Crippen MR) is 91.8 cm³/mol. The van der Waals surface area contributed by atoms with Gasteiger partial charge in [0.25, 0.3) is 5.91 Å². The van der Waals surface area contributed by atoms with Crippen molar-refractivity contribution >= 4 is 29.7 Å². The molecule has 0 spiro atoms. The zero-order valence-electron chi connectivity index (χ0n) is 12.4. The molecule has 0 bridgehead atoms. The summed E-state index contributed by atoms with van der Waals surface area (Å²) in [6, 6.07) is 10.5. The number of nitrogens with two attached hydrogens (primary N) is 1. The van der Waals surface area contributed by atoms with Gasteiger partial charge in [0.2, 0.25) is 0 Å². The molecule has 22 heavy (non-hydrogen) atoms. The minimum atomic E-state index is -0.0151. The minimum absolute atomic E-state index is 0. The van der Waals surface area contributed by atoms with Gasteiger partial charge in [-0.3, -0.25) is 4.79 Å². The number of aryl methyl sites for hydroxylation is 1. The number of hydrogen-bond acceptors (Lipinski definition) is 4. The second-order valence-corrected chi connectivity index (χ2v) is 6.55. The molecule has 1 heterocycles. The second kappa shape index (κ2) is 6.77. The molecule has 0 aliphatic heterocycles. The van der Waals surface area contributed by atoms with E-state index in [2.05, 4.69) is 22.4 Å². The quantitative estimate of drug-likeness (QED) is 0.901. The Morgan fingerprint density at radius 3 is 2.64 bits per heavy atom. The molecule has 118 valence electrons. The van der Waals surface area contributed by atoms with E-state index in [0.717, 1.165) is 18.5 Å². The first-order valence-electron chi connectivity index (χ1n) is 7.11. The van der Waals surface area contributed by atoms with Crippen molar-refractivity contribution in [3.8, 4) is 0 Å². The molecule has 0 saturated heterocycles. The molecule has 1 aliphatic rings. The van der Waals surface area contributed by atoms with E-state index in [-0.39, 0.29) is 29.8 Å². The van der Waals surface area contributed by atoms with E-state index in [0.29, 0.717) is 11.4 Å². The predicted octanol–water partition coefficient (Wildman–Crippen LogP) is 2.66. The second-order valence-electron chi connectivity index (χ2n) is 5.70. The molecule has 1 aromatic heterocycles. The topological polar surface area (TPSA) is 68.0 Å². The lowest BCUT2D eigenvalue weighted by atomic mass is 9.61. The number of nitrogens with one attached hydrogen (secondary N) is 1. The largest absolute Gasteiger partial charge is 0.348 e. The fourth-order valence-corrected chi connectivity index (χ4v) is 3.77. The molecule has 3 N–H and O–H groups in total. The summed E-state index contributed by atoms with van der Waals surface area (Å²) >= 11 is 1.39. The Bertz CT molecular complexity index is 638. The van der Waals surface area contributed by atoms with E-state index in [4.69, 9.17) is 5.73 Å². The normalized spacial score (nSPS) is 23.3. The van der Waals surface area contributed by atoms with Crippen LogP contribution in [0.5, 0.6) is 0 Å². The van der Waals surface area contributed by atoms with Crippen molar-refractivity contribution in [2.45, 2.75) is 31.2 Å². The molecule has 0 atom stereocenters. The van der Waals surface area contributed by atoms with E-state index in [9.17, 15) is 4.79 Å². The Balaban J connectivity index is 0.00000176. The zero-order valence-corrected chi connectivity index (χ0v) is 14.0. The van der Waals surface area contributed by atoms with Crippen molar-refractivity contribution < 1.29 is 4.79 Å². The van der Waals surface area contributed by atoms with Gasteiger partial charge in [-0.15, -0.1) is 23.7 Å². The van der Waals surface area contributed by atoms with Gasteiger partial charge < -0.3 is 11.1 Å². The maximum Gasteiger partial charge on any atom is 0.263 e. The van der Waals surface area contributed by atoms with E-state index >= 15 is 0 Å². The summed E-state index contributed by atoms with van der Waals surface area (Å²) < 4.78 is 0. The first kappa shape index (κ1) is 16.9. The lowest BCUT2D eigenvalue weighted by molar-refractivity contribution is 0.0870. The number of nitrogens with zero attached hydrogens (tertiary/aromatic N) is 1. The monoisotopic (exact) mass is 337 g/mol. The number of benzene rings is 1. The van der Waals surface area contributed by atoms with Crippen LogP contribution in [0.15, 0.2) is 35.8 Å². The zero-order chi connectivity index (χ0) is 14.9. The van der Waals surface area contributed by atoms with Crippen LogP contribution in [0.25, 0.3) is 0 Å². The maximum atomic E-state index is 12.2. The van der Waals surface area contributed by atoms with Crippen molar-refractivity contribution in [3.63, 3.8) is 0 Å². The summed E-state index contributed by atoms with van der Waals surface area (Å²) in [5, 5.41) is 3.09. The molecule has 2 aromatic rings. The molecule has 1 saturated carbocycles. The van der Waals surface area contributed by atoms with Crippen LogP contribution in [0.1, 0.15) is 33.8 Å². The van der Waals surface area contributed by atoms with Crippen LogP contribution >= 0.6 is 23.7 Å². The van der Waals surface area contributed by atoms with Gasteiger partial charge in [0, 0.05) is 18.0 Å². The molecule has 1 aliphatic carbocycles. The highest BCUT2D eigenvalue weighted by Crippen LogP contribution is 2.43. The number of rotatable bonds is 4. The molecule has 0 unspecified atom stereocenters. The van der Waals surface area contributed by atoms with E-state index in [1.807, 2.05) is 25.1 Å². The summed E-state index contributed by atoms with van der Waals surface area (Å²) in [4.78, 5) is 17.0. The lowest BCUT2D eigenvalue weighted by Gasteiger charge is -2.47. The van der Waals surface area contributed by atoms with Crippen molar-refractivity contribution in [2.75, 3.05) is 6.54 Å². The van der Waals surface area contributed by atoms with Crippen molar-refractivity contribution in [3.05, 3.63) is 52.0 Å². The van der Waals surface area contributed by atoms with E-state index in [1.54, 1.807) is 5.51 Å². The maximum absolute atomic E-state index is 12.2. The average Bonchev–Trinajstić information content (AvgIpc) is 2.89. The number of thiazole rings is 1. The molecule has 1 fully saturated rings. The Morgan fingerprint density at radius 1 is 1.41 bits per heavy atom. The molecule has 4 nitrogen and oxygen atoms in total. The fraction of sp³-hybridized carbons (Fsp3) is 0.375. The van der Waals surface area contributed by atoms with Gasteiger partial charge in [-0.25, -0.2) is 4.98 Å². The van der Waals surface area contributed by atoms with Crippen LogP contribution in [0.3, 0.4) is 0 Å². The van der Waals surface area contributed by atoms with Gasteiger partial charge in [0.1, 0.15) is 4.88 Å². The van der Waals surface area contributed by atoms with Crippen LogP contribution in [0, 0.1) is 6.92 Å². The van der Waals surface area contributed by atoms with Crippen LogP contribution in [0.2, 0.25) is 0 Å². The SMILES string of the molecule is Cc1ncsc1C(=O)NC1CC(CN)(c2ccccc2)C1.Cl. The Morgan fingerprint density at radius 2 is 2.09 bits per heavy atom. The van der Waals surface area contributed by atoms with E-state index in [1.165, 1.54) is 16.9 Å². The van der Waals surface area contributed by atoms with Crippen molar-refractivity contribution in [2.24, 2.45) is 5.73 Å². The standard InChI is InChI=1S/C16H19N3OS.ClH/c1-11-14(21-10-18-11)15(20)19-13-7-16(8-13,9-17)12-5-3-2-4-6-12;/h2-6,10,13H,7-9,17H2,1H3,(H,19,20);1H. The Hall–Kier alpha value is -1.43. The Labute approximate surface area is 140 Å². The number of aromatic nitrogens is 1. The van der Waals surface area contributed by atoms with Gasteiger partial charge in [-0.2, -0.15) is 0 Å². The summed E-state index contributed by atoms with van der Waals surface area (Å²) in [7, 11) is 0. The number of carbonyl (C=O) groups excluding carboxylic acids is 1. The third-order valence-electron chi connectivity index (χ3n) is 4.34. The summed E-state index contributed by atoms with van der Waals surface area (Å²) in [5.41, 5.74) is 9.78. The van der Waals surface area contributed by atoms with Crippen molar-refractivity contribution in [1.29, 1.82) is 0 Å². The molecule has 3 rings (SSSR count). The van der Waals surface area contributed by atoms with Gasteiger partial charge in [0.15, 0.2) is 0 Å². The van der Waals surface area contributed by atoms with Gasteiger partial charge in [-0.05, 0) is 25.3 Å². The van der Waals surface area contributed by atoms with Crippen molar-refractivity contribution in [1.82, 2.24) is 10.3 Å². The third-order valence-corrected chi connectivity index (χ3v) is 5.27. The summed E-state index contributed by atoms with van der Waals surface area (Å²) in [6.45, 7) is 2.48. The molecule has 6 heteroatoms. The summed E-state index contributed by atoms with van der Waals surface area (Å²) in [6.07, 6.45) is 1.80. The van der Waals surface area contributed by atoms with E-state index < -0.39 is 0 Å². The molecule has 1 amide bonds.